The maximum absolute atomic E-state index is 9.38. The zero-order chi connectivity index (χ0) is 9.14. The molecule has 2 N–H and O–H groups in total. The highest BCUT2D eigenvalue weighted by Crippen LogP contribution is 2.26. The third kappa shape index (κ3) is 1.99. The van der Waals surface area contributed by atoms with Crippen LogP contribution in [0, 0.1) is 6.92 Å². The molecule has 66 valence electrons. The minimum Gasteiger partial charge on any atom is -0.507 e. The molecule has 1 rings (SSSR count). The van der Waals surface area contributed by atoms with E-state index in [2.05, 4.69) is 21.2 Å². The smallest absolute Gasteiger partial charge is 0.130 e. The van der Waals surface area contributed by atoms with E-state index < -0.39 is 0 Å². The van der Waals surface area contributed by atoms with Gasteiger partial charge in [-0.05, 0) is 53.2 Å². The van der Waals surface area contributed by atoms with Crippen molar-refractivity contribution in [2.75, 3.05) is 7.05 Å². The van der Waals surface area contributed by atoms with Gasteiger partial charge in [0, 0.05) is 6.54 Å². The zero-order valence-corrected chi connectivity index (χ0v) is 8.77. The van der Waals surface area contributed by atoms with Gasteiger partial charge >= 0.3 is 0 Å². The molecule has 0 amide bonds. The summed E-state index contributed by atoms with van der Waals surface area (Å²) in [5.74, 6) is 0.297. The Morgan fingerprint density at radius 3 is 2.75 bits per heavy atom. The highest BCUT2D eigenvalue weighted by molar-refractivity contribution is 9.10. The van der Waals surface area contributed by atoms with Crippen molar-refractivity contribution in [3.8, 4) is 5.75 Å². The summed E-state index contributed by atoms with van der Waals surface area (Å²) in [4.78, 5) is 0. The standard InChI is InChI=1S/C9H12BrNO/c1-6-3-8(10)9(12)4-7(6)5-11-2/h3-4,11-12H,5H2,1-2H3. The molecule has 0 fully saturated rings. The maximum atomic E-state index is 9.38. The van der Waals surface area contributed by atoms with Gasteiger partial charge in [0.15, 0.2) is 0 Å². The Balaban J connectivity index is 3.05. The predicted molar refractivity (Wildman–Crippen MR) is 53.3 cm³/mol. The third-order valence-corrected chi connectivity index (χ3v) is 2.41. The van der Waals surface area contributed by atoms with Gasteiger partial charge in [-0.25, -0.2) is 0 Å². The largest absolute Gasteiger partial charge is 0.507 e. The number of aromatic hydroxyl groups is 1. The summed E-state index contributed by atoms with van der Waals surface area (Å²) in [6.45, 7) is 2.81. The number of rotatable bonds is 2. The van der Waals surface area contributed by atoms with Crippen LogP contribution in [0.2, 0.25) is 0 Å². The molecule has 12 heavy (non-hydrogen) atoms. The lowest BCUT2D eigenvalue weighted by Crippen LogP contribution is -2.06. The molecule has 1 aromatic rings. The van der Waals surface area contributed by atoms with Crippen molar-refractivity contribution in [3.63, 3.8) is 0 Å². The molecule has 1 aromatic carbocycles. The van der Waals surface area contributed by atoms with Gasteiger partial charge in [-0.3, -0.25) is 0 Å². The Labute approximate surface area is 80.7 Å². The lowest BCUT2D eigenvalue weighted by Gasteiger charge is -2.06. The lowest BCUT2D eigenvalue weighted by atomic mass is 10.1. The fourth-order valence-corrected chi connectivity index (χ4v) is 1.54. The fraction of sp³-hybridized carbons (Fsp3) is 0.333. The first kappa shape index (κ1) is 9.55. The molecule has 0 aliphatic carbocycles. The Hall–Kier alpha value is -0.540. The van der Waals surface area contributed by atoms with E-state index in [9.17, 15) is 5.11 Å². The summed E-state index contributed by atoms with van der Waals surface area (Å²) in [7, 11) is 1.89. The molecule has 0 unspecified atom stereocenters. The second-order valence-corrected chi connectivity index (χ2v) is 3.61. The van der Waals surface area contributed by atoms with E-state index in [1.165, 1.54) is 5.56 Å². The predicted octanol–water partition coefficient (Wildman–Crippen LogP) is 2.18. The molecule has 0 atom stereocenters. The number of halogens is 1. The van der Waals surface area contributed by atoms with Crippen LogP contribution in [0.5, 0.6) is 5.75 Å². The average Bonchev–Trinajstić information content (AvgIpc) is 2.01. The molecule has 0 radical (unpaired) electrons. The van der Waals surface area contributed by atoms with Crippen molar-refractivity contribution < 1.29 is 5.11 Å². The van der Waals surface area contributed by atoms with Crippen LogP contribution < -0.4 is 5.32 Å². The van der Waals surface area contributed by atoms with Crippen LogP contribution in [0.25, 0.3) is 0 Å². The first-order valence-electron chi connectivity index (χ1n) is 3.77. The molecule has 0 aliphatic heterocycles. The Morgan fingerprint density at radius 2 is 2.17 bits per heavy atom. The molecule has 0 spiro atoms. The van der Waals surface area contributed by atoms with Crippen LogP contribution in [-0.4, -0.2) is 12.2 Å². The zero-order valence-electron chi connectivity index (χ0n) is 7.19. The molecule has 0 saturated heterocycles. The molecule has 0 heterocycles. The summed E-state index contributed by atoms with van der Waals surface area (Å²) < 4.78 is 0.750. The van der Waals surface area contributed by atoms with Crippen molar-refractivity contribution in [1.29, 1.82) is 0 Å². The van der Waals surface area contributed by atoms with E-state index in [1.807, 2.05) is 20.0 Å². The summed E-state index contributed by atoms with van der Waals surface area (Å²) in [6, 6.07) is 3.69. The number of hydrogen-bond acceptors (Lipinski definition) is 2. The normalized spacial score (nSPS) is 10.2. The van der Waals surface area contributed by atoms with E-state index in [0.29, 0.717) is 5.75 Å². The van der Waals surface area contributed by atoms with Crippen LogP contribution in [0.3, 0.4) is 0 Å². The summed E-state index contributed by atoms with van der Waals surface area (Å²) in [5.41, 5.74) is 2.30. The Morgan fingerprint density at radius 1 is 1.50 bits per heavy atom. The number of nitrogens with one attached hydrogen (secondary N) is 1. The van der Waals surface area contributed by atoms with E-state index in [1.54, 1.807) is 6.07 Å². The fourth-order valence-electron chi connectivity index (χ4n) is 1.09. The second kappa shape index (κ2) is 3.92. The number of phenolic OH excluding ortho intramolecular Hbond substituents is 1. The molecule has 0 aromatic heterocycles. The van der Waals surface area contributed by atoms with Crippen LogP contribution in [0.4, 0.5) is 0 Å². The summed E-state index contributed by atoms with van der Waals surface area (Å²) in [5, 5.41) is 12.4. The van der Waals surface area contributed by atoms with Gasteiger partial charge in [-0.2, -0.15) is 0 Å². The van der Waals surface area contributed by atoms with Crippen molar-refractivity contribution in [2.24, 2.45) is 0 Å². The lowest BCUT2D eigenvalue weighted by molar-refractivity contribution is 0.470. The van der Waals surface area contributed by atoms with Crippen molar-refractivity contribution in [3.05, 3.63) is 27.7 Å². The molecular formula is C9H12BrNO. The van der Waals surface area contributed by atoms with Gasteiger partial charge in [-0.1, -0.05) is 0 Å². The number of hydrogen-bond donors (Lipinski definition) is 2. The van der Waals surface area contributed by atoms with Crippen LogP contribution in [0.1, 0.15) is 11.1 Å². The molecule has 0 aliphatic rings. The summed E-state index contributed by atoms with van der Waals surface area (Å²) in [6.07, 6.45) is 0. The average molecular weight is 230 g/mol. The van der Waals surface area contributed by atoms with E-state index >= 15 is 0 Å². The topological polar surface area (TPSA) is 32.3 Å². The van der Waals surface area contributed by atoms with Gasteiger partial charge in [0.05, 0.1) is 4.47 Å². The molecule has 2 nitrogen and oxygen atoms in total. The van der Waals surface area contributed by atoms with Crippen molar-refractivity contribution >= 4 is 15.9 Å². The Bertz CT molecular complexity index is 286. The van der Waals surface area contributed by atoms with Gasteiger partial charge in [0.1, 0.15) is 5.75 Å². The SMILES string of the molecule is CNCc1cc(O)c(Br)cc1C. The Kier molecular flexibility index (Phi) is 3.12. The first-order chi connectivity index (χ1) is 5.65. The number of benzene rings is 1. The molecule has 3 heteroatoms. The van der Waals surface area contributed by atoms with Crippen LogP contribution >= 0.6 is 15.9 Å². The highest BCUT2D eigenvalue weighted by Gasteiger charge is 2.02. The van der Waals surface area contributed by atoms with Crippen LogP contribution in [0.15, 0.2) is 16.6 Å². The van der Waals surface area contributed by atoms with Crippen molar-refractivity contribution in [1.82, 2.24) is 5.32 Å². The number of phenols is 1. The second-order valence-electron chi connectivity index (χ2n) is 2.76. The highest BCUT2D eigenvalue weighted by atomic mass is 79.9. The summed E-state index contributed by atoms with van der Waals surface area (Å²) >= 11 is 3.26. The van der Waals surface area contributed by atoms with Crippen molar-refractivity contribution in [2.45, 2.75) is 13.5 Å². The maximum Gasteiger partial charge on any atom is 0.130 e. The molecule has 0 bridgehead atoms. The van der Waals surface area contributed by atoms with E-state index in [0.717, 1.165) is 16.6 Å². The quantitative estimate of drug-likeness (QED) is 0.816. The van der Waals surface area contributed by atoms with Gasteiger partial charge in [0.25, 0.3) is 0 Å². The molecular weight excluding hydrogens is 218 g/mol. The van der Waals surface area contributed by atoms with Gasteiger partial charge in [-0.15, -0.1) is 0 Å². The van der Waals surface area contributed by atoms with Gasteiger partial charge < -0.3 is 10.4 Å². The van der Waals surface area contributed by atoms with Crippen LogP contribution in [-0.2, 0) is 6.54 Å². The minimum absolute atomic E-state index is 0.297. The van der Waals surface area contributed by atoms with Gasteiger partial charge in [0.2, 0.25) is 0 Å². The number of aryl methyl sites for hydroxylation is 1. The first-order valence-corrected chi connectivity index (χ1v) is 4.57. The van der Waals surface area contributed by atoms with E-state index in [4.69, 9.17) is 0 Å². The molecule has 0 saturated carbocycles. The monoisotopic (exact) mass is 229 g/mol. The minimum atomic E-state index is 0.297. The van der Waals surface area contributed by atoms with E-state index in [-0.39, 0.29) is 0 Å². The third-order valence-electron chi connectivity index (χ3n) is 1.77.